The largest absolute Gasteiger partial charge is 0.451 e. The SMILES string of the molecule is Cc1ccc(C)c(NC(=O)c2ccc(-c3ccc(Br)cc3)o2)c1. The normalized spacial score (nSPS) is 10.6. The number of aryl methyl sites for hydroxylation is 2. The molecule has 0 unspecified atom stereocenters. The van der Waals surface area contributed by atoms with E-state index in [-0.39, 0.29) is 5.91 Å². The first-order chi connectivity index (χ1) is 11.0. The summed E-state index contributed by atoms with van der Waals surface area (Å²) in [7, 11) is 0. The summed E-state index contributed by atoms with van der Waals surface area (Å²) < 4.78 is 6.69. The number of amides is 1. The summed E-state index contributed by atoms with van der Waals surface area (Å²) in [6, 6.07) is 17.2. The zero-order chi connectivity index (χ0) is 16.4. The lowest BCUT2D eigenvalue weighted by molar-refractivity contribution is 0.0997. The third-order valence-electron chi connectivity index (χ3n) is 3.60. The molecular formula is C19H16BrNO2. The zero-order valence-corrected chi connectivity index (χ0v) is 14.5. The van der Waals surface area contributed by atoms with Crippen molar-refractivity contribution >= 4 is 27.5 Å². The van der Waals surface area contributed by atoms with Crippen LogP contribution in [0.1, 0.15) is 21.7 Å². The van der Waals surface area contributed by atoms with Crippen LogP contribution in [0.3, 0.4) is 0 Å². The maximum atomic E-state index is 12.4. The minimum Gasteiger partial charge on any atom is -0.451 e. The molecule has 3 aromatic rings. The van der Waals surface area contributed by atoms with E-state index in [1.54, 1.807) is 12.1 Å². The number of anilines is 1. The summed E-state index contributed by atoms with van der Waals surface area (Å²) in [6.45, 7) is 3.96. The van der Waals surface area contributed by atoms with E-state index in [4.69, 9.17) is 4.42 Å². The van der Waals surface area contributed by atoms with Crippen LogP contribution in [-0.4, -0.2) is 5.91 Å². The predicted octanol–water partition coefficient (Wildman–Crippen LogP) is 5.58. The molecule has 0 saturated heterocycles. The van der Waals surface area contributed by atoms with Gasteiger partial charge in [0.1, 0.15) is 5.76 Å². The summed E-state index contributed by atoms with van der Waals surface area (Å²) in [4.78, 5) is 12.4. The lowest BCUT2D eigenvalue weighted by Gasteiger charge is -2.08. The Kier molecular flexibility index (Phi) is 4.35. The molecule has 0 radical (unpaired) electrons. The van der Waals surface area contributed by atoms with Crippen LogP contribution in [0.15, 0.2) is 63.5 Å². The molecule has 3 rings (SSSR count). The molecule has 2 aromatic carbocycles. The molecule has 0 aliphatic carbocycles. The van der Waals surface area contributed by atoms with Crippen LogP contribution in [0.5, 0.6) is 0 Å². The molecule has 0 spiro atoms. The van der Waals surface area contributed by atoms with E-state index >= 15 is 0 Å². The molecule has 0 saturated carbocycles. The van der Waals surface area contributed by atoms with Crippen LogP contribution in [0, 0.1) is 13.8 Å². The second-order valence-corrected chi connectivity index (χ2v) is 6.36. The maximum absolute atomic E-state index is 12.4. The van der Waals surface area contributed by atoms with Crippen LogP contribution in [-0.2, 0) is 0 Å². The van der Waals surface area contributed by atoms with Gasteiger partial charge in [0.15, 0.2) is 5.76 Å². The molecule has 0 aliphatic rings. The molecule has 1 amide bonds. The van der Waals surface area contributed by atoms with Crippen molar-refractivity contribution < 1.29 is 9.21 Å². The van der Waals surface area contributed by atoms with Gasteiger partial charge in [0.05, 0.1) is 0 Å². The van der Waals surface area contributed by atoms with E-state index in [1.165, 1.54) is 0 Å². The van der Waals surface area contributed by atoms with Gasteiger partial charge in [0.2, 0.25) is 0 Å². The van der Waals surface area contributed by atoms with Gasteiger partial charge in [-0.2, -0.15) is 0 Å². The van der Waals surface area contributed by atoms with Crippen molar-refractivity contribution in [1.29, 1.82) is 0 Å². The standard InChI is InChI=1S/C19H16BrNO2/c1-12-3-4-13(2)16(11-12)21-19(22)18-10-9-17(23-18)14-5-7-15(20)8-6-14/h3-11H,1-2H3,(H,21,22). The van der Waals surface area contributed by atoms with Gasteiger partial charge >= 0.3 is 0 Å². The first-order valence-electron chi connectivity index (χ1n) is 7.27. The average molecular weight is 370 g/mol. The Morgan fingerprint density at radius 2 is 1.74 bits per heavy atom. The zero-order valence-electron chi connectivity index (χ0n) is 12.9. The fourth-order valence-electron chi connectivity index (χ4n) is 2.28. The van der Waals surface area contributed by atoms with Crippen molar-refractivity contribution in [2.75, 3.05) is 5.32 Å². The highest BCUT2D eigenvalue weighted by Crippen LogP contribution is 2.25. The van der Waals surface area contributed by atoms with Crippen molar-refractivity contribution in [2.45, 2.75) is 13.8 Å². The van der Waals surface area contributed by atoms with Crippen LogP contribution in [0.25, 0.3) is 11.3 Å². The van der Waals surface area contributed by atoms with E-state index in [0.29, 0.717) is 11.5 Å². The van der Waals surface area contributed by atoms with Gasteiger partial charge in [0, 0.05) is 15.7 Å². The molecular weight excluding hydrogens is 354 g/mol. The monoisotopic (exact) mass is 369 g/mol. The Balaban J connectivity index is 1.81. The number of halogens is 1. The van der Waals surface area contributed by atoms with Gasteiger partial charge in [-0.25, -0.2) is 0 Å². The molecule has 116 valence electrons. The van der Waals surface area contributed by atoms with E-state index in [0.717, 1.165) is 26.9 Å². The highest BCUT2D eigenvalue weighted by Gasteiger charge is 2.13. The number of rotatable bonds is 3. The summed E-state index contributed by atoms with van der Waals surface area (Å²) in [6.07, 6.45) is 0. The molecule has 1 N–H and O–H groups in total. The van der Waals surface area contributed by atoms with Crippen molar-refractivity contribution in [1.82, 2.24) is 0 Å². The molecule has 0 bridgehead atoms. The quantitative estimate of drug-likeness (QED) is 0.654. The summed E-state index contributed by atoms with van der Waals surface area (Å²) in [5, 5.41) is 2.90. The Morgan fingerprint density at radius 3 is 2.48 bits per heavy atom. The highest BCUT2D eigenvalue weighted by atomic mass is 79.9. The number of carbonyl (C=O) groups is 1. The Morgan fingerprint density at radius 1 is 1.00 bits per heavy atom. The van der Waals surface area contributed by atoms with Gasteiger partial charge in [-0.1, -0.05) is 40.2 Å². The molecule has 4 heteroatoms. The molecule has 0 atom stereocenters. The Bertz CT molecular complexity index is 850. The van der Waals surface area contributed by atoms with Crippen molar-refractivity contribution in [2.24, 2.45) is 0 Å². The second-order valence-electron chi connectivity index (χ2n) is 5.44. The number of hydrogen-bond donors (Lipinski definition) is 1. The number of hydrogen-bond acceptors (Lipinski definition) is 2. The van der Waals surface area contributed by atoms with Gasteiger partial charge < -0.3 is 9.73 Å². The van der Waals surface area contributed by atoms with E-state index in [2.05, 4.69) is 21.2 Å². The first-order valence-corrected chi connectivity index (χ1v) is 8.06. The highest BCUT2D eigenvalue weighted by molar-refractivity contribution is 9.10. The van der Waals surface area contributed by atoms with E-state index < -0.39 is 0 Å². The number of carbonyl (C=O) groups excluding carboxylic acids is 1. The third-order valence-corrected chi connectivity index (χ3v) is 4.13. The molecule has 0 aliphatic heterocycles. The van der Waals surface area contributed by atoms with Crippen molar-refractivity contribution in [3.63, 3.8) is 0 Å². The number of furan rings is 1. The van der Waals surface area contributed by atoms with Gasteiger partial charge in [0.25, 0.3) is 5.91 Å². The van der Waals surface area contributed by atoms with Crippen LogP contribution in [0.4, 0.5) is 5.69 Å². The number of benzene rings is 2. The number of nitrogens with one attached hydrogen (secondary N) is 1. The minimum atomic E-state index is -0.248. The fraction of sp³-hybridized carbons (Fsp3) is 0.105. The second kappa shape index (κ2) is 6.42. The first kappa shape index (κ1) is 15.6. The van der Waals surface area contributed by atoms with Crippen LogP contribution >= 0.6 is 15.9 Å². The topological polar surface area (TPSA) is 42.2 Å². The Labute approximate surface area is 143 Å². The average Bonchev–Trinajstić information content (AvgIpc) is 3.02. The molecule has 3 nitrogen and oxygen atoms in total. The van der Waals surface area contributed by atoms with Gasteiger partial charge in [-0.15, -0.1) is 0 Å². The molecule has 23 heavy (non-hydrogen) atoms. The van der Waals surface area contributed by atoms with Gasteiger partial charge in [-0.05, 0) is 55.3 Å². The third kappa shape index (κ3) is 3.54. The lowest BCUT2D eigenvalue weighted by atomic mass is 10.1. The Hall–Kier alpha value is -2.33. The van der Waals surface area contributed by atoms with Crippen LogP contribution < -0.4 is 5.32 Å². The summed E-state index contributed by atoms with van der Waals surface area (Å²) in [5.41, 5.74) is 3.85. The van der Waals surface area contributed by atoms with E-state index in [1.807, 2.05) is 56.3 Å². The molecule has 1 heterocycles. The van der Waals surface area contributed by atoms with Gasteiger partial charge in [-0.3, -0.25) is 4.79 Å². The lowest BCUT2D eigenvalue weighted by Crippen LogP contribution is -2.11. The van der Waals surface area contributed by atoms with Crippen molar-refractivity contribution in [3.05, 3.63) is 76.0 Å². The van der Waals surface area contributed by atoms with Crippen LogP contribution in [0.2, 0.25) is 0 Å². The van der Waals surface area contributed by atoms with Crippen molar-refractivity contribution in [3.8, 4) is 11.3 Å². The summed E-state index contributed by atoms with van der Waals surface area (Å²) in [5.74, 6) is 0.717. The predicted molar refractivity (Wildman–Crippen MR) is 95.7 cm³/mol. The fourth-order valence-corrected chi connectivity index (χ4v) is 2.55. The minimum absolute atomic E-state index is 0.248. The summed E-state index contributed by atoms with van der Waals surface area (Å²) >= 11 is 3.40. The van der Waals surface area contributed by atoms with E-state index in [9.17, 15) is 4.79 Å². The molecule has 0 fully saturated rings. The smallest absolute Gasteiger partial charge is 0.291 e. The maximum Gasteiger partial charge on any atom is 0.291 e. The molecule has 1 aromatic heterocycles.